The van der Waals surface area contributed by atoms with Gasteiger partial charge in [-0.2, -0.15) is 0 Å². The molecule has 0 aliphatic rings. The van der Waals surface area contributed by atoms with Gasteiger partial charge in [-0.05, 0) is 58.2 Å². The van der Waals surface area contributed by atoms with Crippen LogP contribution in [-0.2, 0) is 0 Å². The minimum absolute atomic E-state index is 0.124. The Hall–Kier alpha value is -1.55. The summed E-state index contributed by atoms with van der Waals surface area (Å²) in [6.07, 6.45) is 0.898. The van der Waals surface area contributed by atoms with E-state index in [0.29, 0.717) is 0 Å². The molecule has 0 bridgehead atoms. The lowest BCUT2D eigenvalue weighted by Gasteiger charge is -2.20. The van der Waals surface area contributed by atoms with Crippen LogP contribution in [0.4, 0.5) is 10.1 Å². The lowest BCUT2D eigenvalue weighted by atomic mass is 10.0. The smallest absolute Gasteiger partial charge is 0.125 e. The second-order valence-corrected chi connectivity index (χ2v) is 5.36. The summed E-state index contributed by atoms with van der Waals surface area (Å²) >= 11 is 3.43. The summed E-state index contributed by atoms with van der Waals surface area (Å²) in [6, 6.07) is 12.7. The van der Waals surface area contributed by atoms with E-state index in [2.05, 4.69) is 28.2 Å². The van der Waals surface area contributed by atoms with Gasteiger partial charge in [-0.15, -0.1) is 0 Å². The molecule has 0 fully saturated rings. The summed E-state index contributed by atoms with van der Waals surface area (Å²) in [5.74, 6) is 0.579. The lowest BCUT2D eigenvalue weighted by molar-refractivity contribution is 0.414. The van der Waals surface area contributed by atoms with E-state index < -0.39 is 0 Å². The molecule has 0 aliphatic heterocycles. The molecule has 0 saturated carbocycles. The van der Waals surface area contributed by atoms with Crippen molar-refractivity contribution in [2.24, 2.45) is 0 Å². The Balaban J connectivity index is 2.21. The number of rotatable bonds is 5. The first-order valence-electron chi connectivity index (χ1n) is 6.49. The summed E-state index contributed by atoms with van der Waals surface area (Å²) in [6.45, 7) is 2.09. The molecule has 106 valence electrons. The number of halogens is 2. The first kappa shape index (κ1) is 14.9. The van der Waals surface area contributed by atoms with Gasteiger partial charge in [0.2, 0.25) is 0 Å². The third-order valence-electron chi connectivity index (χ3n) is 3.18. The van der Waals surface area contributed by atoms with E-state index in [4.69, 9.17) is 4.74 Å². The maximum absolute atomic E-state index is 13.3. The van der Waals surface area contributed by atoms with E-state index in [9.17, 15) is 4.39 Å². The van der Waals surface area contributed by atoms with Gasteiger partial charge >= 0.3 is 0 Å². The van der Waals surface area contributed by atoms with Gasteiger partial charge in [-0.3, -0.25) is 0 Å². The van der Waals surface area contributed by atoms with Crippen molar-refractivity contribution < 1.29 is 9.13 Å². The van der Waals surface area contributed by atoms with E-state index in [0.717, 1.165) is 27.9 Å². The van der Waals surface area contributed by atoms with Crippen LogP contribution < -0.4 is 10.1 Å². The Bertz CT molecular complexity index is 571. The summed E-state index contributed by atoms with van der Waals surface area (Å²) in [4.78, 5) is 0. The Labute approximate surface area is 127 Å². The molecule has 0 amide bonds. The van der Waals surface area contributed by atoms with E-state index >= 15 is 0 Å². The van der Waals surface area contributed by atoms with Crippen molar-refractivity contribution in [3.63, 3.8) is 0 Å². The molecule has 0 spiro atoms. The summed E-state index contributed by atoms with van der Waals surface area (Å²) < 4.78 is 19.3. The Morgan fingerprint density at radius 1 is 1.20 bits per heavy atom. The van der Waals surface area contributed by atoms with Crippen molar-refractivity contribution in [1.29, 1.82) is 0 Å². The quantitative estimate of drug-likeness (QED) is 0.813. The Morgan fingerprint density at radius 2 is 1.90 bits per heavy atom. The maximum atomic E-state index is 13.3. The minimum atomic E-state index is -0.250. The van der Waals surface area contributed by atoms with Crippen molar-refractivity contribution in [3.05, 3.63) is 58.3 Å². The second kappa shape index (κ2) is 6.75. The predicted octanol–water partition coefficient (Wildman–Crippen LogP) is 5.16. The van der Waals surface area contributed by atoms with Crippen LogP contribution >= 0.6 is 15.9 Å². The fourth-order valence-corrected chi connectivity index (χ4v) is 2.41. The van der Waals surface area contributed by atoms with Gasteiger partial charge in [-0.25, -0.2) is 4.39 Å². The molecule has 0 aliphatic carbocycles. The fourth-order valence-electron chi connectivity index (χ4n) is 2.05. The van der Waals surface area contributed by atoms with Crippen LogP contribution in [0.5, 0.6) is 5.75 Å². The number of benzene rings is 2. The average Bonchev–Trinajstić information content (AvgIpc) is 2.48. The van der Waals surface area contributed by atoms with Crippen molar-refractivity contribution in [3.8, 4) is 5.75 Å². The number of methoxy groups -OCH3 is 1. The van der Waals surface area contributed by atoms with E-state index in [1.54, 1.807) is 13.2 Å². The highest BCUT2D eigenvalue weighted by Crippen LogP contribution is 2.29. The zero-order chi connectivity index (χ0) is 14.5. The van der Waals surface area contributed by atoms with Crippen molar-refractivity contribution in [2.75, 3.05) is 12.4 Å². The first-order chi connectivity index (χ1) is 9.63. The van der Waals surface area contributed by atoms with Gasteiger partial charge < -0.3 is 10.1 Å². The SMILES string of the molecule is CCC(Nc1cc(F)ccc1Br)c1ccc(OC)cc1. The molecular formula is C16H17BrFNO. The van der Waals surface area contributed by atoms with Crippen LogP contribution in [-0.4, -0.2) is 7.11 Å². The molecular weight excluding hydrogens is 321 g/mol. The van der Waals surface area contributed by atoms with Gasteiger partial charge in [0.25, 0.3) is 0 Å². The highest BCUT2D eigenvalue weighted by Gasteiger charge is 2.11. The van der Waals surface area contributed by atoms with Gasteiger partial charge in [0, 0.05) is 4.47 Å². The third kappa shape index (κ3) is 3.51. The van der Waals surface area contributed by atoms with Crippen LogP contribution in [0.3, 0.4) is 0 Å². The molecule has 2 aromatic carbocycles. The van der Waals surface area contributed by atoms with Gasteiger partial charge in [0.15, 0.2) is 0 Å². The van der Waals surface area contributed by atoms with Crippen LogP contribution in [0.15, 0.2) is 46.9 Å². The monoisotopic (exact) mass is 337 g/mol. The van der Waals surface area contributed by atoms with E-state index in [1.807, 2.05) is 24.3 Å². The average molecular weight is 338 g/mol. The fraction of sp³-hybridized carbons (Fsp3) is 0.250. The summed E-state index contributed by atoms with van der Waals surface area (Å²) in [5.41, 5.74) is 1.90. The largest absolute Gasteiger partial charge is 0.497 e. The molecule has 1 N–H and O–H groups in total. The molecule has 2 nitrogen and oxygen atoms in total. The molecule has 0 saturated heterocycles. The lowest BCUT2D eigenvalue weighted by Crippen LogP contribution is -2.10. The van der Waals surface area contributed by atoms with Crippen LogP contribution in [0.2, 0.25) is 0 Å². The molecule has 1 atom stereocenters. The standard InChI is InChI=1S/C16H17BrFNO/c1-3-15(11-4-7-13(20-2)8-5-11)19-16-10-12(18)6-9-14(16)17/h4-10,15,19H,3H2,1-2H3. The number of anilines is 1. The summed E-state index contributed by atoms with van der Waals surface area (Å²) in [5, 5.41) is 3.36. The zero-order valence-electron chi connectivity index (χ0n) is 11.5. The normalized spacial score (nSPS) is 12.0. The predicted molar refractivity (Wildman–Crippen MR) is 83.7 cm³/mol. The van der Waals surface area contributed by atoms with Gasteiger partial charge in [0.05, 0.1) is 18.8 Å². The van der Waals surface area contributed by atoms with Crippen LogP contribution in [0.1, 0.15) is 24.9 Å². The zero-order valence-corrected chi connectivity index (χ0v) is 13.1. The maximum Gasteiger partial charge on any atom is 0.125 e. The van der Waals surface area contributed by atoms with Gasteiger partial charge in [-0.1, -0.05) is 19.1 Å². The number of nitrogens with one attached hydrogen (secondary N) is 1. The van der Waals surface area contributed by atoms with Crippen molar-refractivity contribution in [1.82, 2.24) is 0 Å². The van der Waals surface area contributed by atoms with Crippen molar-refractivity contribution >= 4 is 21.6 Å². The molecule has 0 aromatic heterocycles. The molecule has 0 heterocycles. The molecule has 2 rings (SSSR count). The van der Waals surface area contributed by atoms with Crippen molar-refractivity contribution in [2.45, 2.75) is 19.4 Å². The van der Waals surface area contributed by atoms with E-state index in [1.165, 1.54) is 12.1 Å². The third-order valence-corrected chi connectivity index (χ3v) is 3.88. The molecule has 1 unspecified atom stereocenters. The second-order valence-electron chi connectivity index (χ2n) is 4.50. The first-order valence-corrected chi connectivity index (χ1v) is 7.29. The van der Waals surface area contributed by atoms with Crippen LogP contribution in [0, 0.1) is 5.82 Å². The van der Waals surface area contributed by atoms with Gasteiger partial charge in [0.1, 0.15) is 11.6 Å². The molecule has 20 heavy (non-hydrogen) atoms. The minimum Gasteiger partial charge on any atom is -0.497 e. The molecule has 4 heteroatoms. The highest BCUT2D eigenvalue weighted by atomic mass is 79.9. The summed E-state index contributed by atoms with van der Waals surface area (Å²) in [7, 11) is 1.65. The van der Waals surface area contributed by atoms with E-state index in [-0.39, 0.29) is 11.9 Å². The number of hydrogen-bond acceptors (Lipinski definition) is 2. The van der Waals surface area contributed by atoms with Crippen LogP contribution in [0.25, 0.3) is 0 Å². The topological polar surface area (TPSA) is 21.3 Å². The Morgan fingerprint density at radius 3 is 2.50 bits per heavy atom. The number of hydrogen-bond donors (Lipinski definition) is 1. The number of ether oxygens (including phenoxy) is 1. The highest BCUT2D eigenvalue weighted by molar-refractivity contribution is 9.10. The molecule has 2 aromatic rings. The Kier molecular flexibility index (Phi) is 5.01. The molecule has 0 radical (unpaired) electrons.